The van der Waals surface area contributed by atoms with Gasteiger partial charge in [-0.05, 0) is 48.3 Å². The molecule has 1 aromatic carbocycles. The number of likely N-dealkylation sites (N-methyl/N-ethyl adjacent to an activating group) is 1. The van der Waals surface area contributed by atoms with Crippen LogP contribution >= 0.6 is 11.6 Å². The molecule has 3 nitrogen and oxygen atoms in total. The Morgan fingerprint density at radius 2 is 1.87 bits per heavy atom. The second-order valence-electron chi connectivity index (χ2n) is 3.97. The van der Waals surface area contributed by atoms with Crippen LogP contribution in [0.1, 0.15) is 11.1 Å². The second kappa shape index (κ2) is 4.29. The van der Waals surface area contributed by atoms with Crippen LogP contribution in [-0.4, -0.2) is 25.0 Å². The highest BCUT2D eigenvalue weighted by molar-refractivity contribution is 6.33. The lowest BCUT2D eigenvalue weighted by Gasteiger charge is -2.10. The van der Waals surface area contributed by atoms with Gasteiger partial charge in [-0.25, -0.2) is 0 Å². The first-order valence-electron chi connectivity index (χ1n) is 5.04. The summed E-state index contributed by atoms with van der Waals surface area (Å²) in [6.07, 6.45) is 1.95. The van der Waals surface area contributed by atoms with Crippen molar-refractivity contribution in [2.45, 2.75) is 12.8 Å². The predicted molar refractivity (Wildman–Crippen MR) is 61.8 cm³/mol. The second-order valence-corrected chi connectivity index (χ2v) is 4.37. The minimum Gasteiger partial charge on any atom is -0.306 e. The van der Waals surface area contributed by atoms with Crippen molar-refractivity contribution in [1.82, 2.24) is 4.90 Å². The average Bonchev–Trinajstić information content (AvgIpc) is 2.40. The first-order chi connectivity index (χ1) is 7.20. The summed E-state index contributed by atoms with van der Waals surface area (Å²) >= 11 is 5.94. The van der Waals surface area contributed by atoms with Gasteiger partial charge in [-0.3, -0.25) is 0 Å². The van der Waals surface area contributed by atoms with Crippen LogP contribution in [0.15, 0.2) is 17.3 Å². The fraction of sp³-hybridized carbons (Fsp3) is 0.455. The van der Waals surface area contributed by atoms with E-state index in [1.165, 1.54) is 11.1 Å². The third-order valence-electron chi connectivity index (χ3n) is 2.89. The summed E-state index contributed by atoms with van der Waals surface area (Å²) < 4.78 is 0. The maximum absolute atomic E-state index is 10.5. The Bertz CT molecular complexity index is 392. The molecule has 2 rings (SSSR count). The summed E-state index contributed by atoms with van der Waals surface area (Å²) in [5.41, 5.74) is 2.81. The Hall–Kier alpha value is -0.930. The molecular weight excluding hydrogens is 212 g/mol. The van der Waals surface area contributed by atoms with Crippen molar-refractivity contribution in [3.8, 4) is 0 Å². The summed E-state index contributed by atoms with van der Waals surface area (Å²) in [7, 11) is 2.10. The maximum atomic E-state index is 10.5. The molecule has 0 saturated heterocycles. The van der Waals surface area contributed by atoms with E-state index in [1.54, 1.807) is 0 Å². The van der Waals surface area contributed by atoms with Crippen molar-refractivity contribution in [2.75, 3.05) is 20.1 Å². The molecule has 4 heteroatoms. The molecule has 0 unspecified atom stereocenters. The Morgan fingerprint density at radius 1 is 1.27 bits per heavy atom. The minimum absolute atomic E-state index is 0.361. The van der Waals surface area contributed by atoms with Crippen LogP contribution in [0.4, 0.5) is 5.69 Å². The molecule has 1 aliphatic rings. The first-order valence-corrected chi connectivity index (χ1v) is 5.41. The normalized spacial score (nSPS) is 16.9. The van der Waals surface area contributed by atoms with E-state index in [1.807, 2.05) is 12.1 Å². The van der Waals surface area contributed by atoms with E-state index in [9.17, 15) is 4.91 Å². The van der Waals surface area contributed by atoms with Crippen LogP contribution in [-0.2, 0) is 12.8 Å². The van der Waals surface area contributed by atoms with Gasteiger partial charge in [0.25, 0.3) is 0 Å². The fourth-order valence-electron chi connectivity index (χ4n) is 1.92. The van der Waals surface area contributed by atoms with Gasteiger partial charge in [0, 0.05) is 13.1 Å². The molecule has 0 saturated carbocycles. The first kappa shape index (κ1) is 10.6. The Kier molecular flexibility index (Phi) is 3.03. The molecule has 80 valence electrons. The molecule has 0 fully saturated rings. The monoisotopic (exact) mass is 224 g/mol. The summed E-state index contributed by atoms with van der Waals surface area (Å²) in [5, 5.41) is 3.40. The summed E-state index contributed by atoms with van der Waals surface area (Å²) in [6, 6.07) is 3.70. The number of fused-ring (bicyclic) bond motifs is 1. The van der Waals surface area contributed by atoms with E-state index in [4.69, 9.17) is 11.6 Å². The number of hydrogen-bond acceptors (Lipinski definition) is 3. The molecule has 0 atom stereocenters. The quantitative estimate of drug-likeness (QED) is 0.688. The number of hydrogen-bond donors (Lipinski definition) is 0. The average molecular weight is 225 g/mol. The highest BCUT2D eigenvalue weighted by Gasteiger charge is 2.13. The van der Waals surface area contributed by atoms with Crippen molar-refractivity contribution in [3.63, 3.8) is 0 Å². The smallest absolute Gasteiger partial charge is 0.126 e. The van der Waals surface area contributed by atoms with Gasteiger partial charge in [0.05, 0.1) is 5.02 Å². The zero-order chi connectivity index (χ0) is 10.8. The highest BCUT2D eigenvalue weighted by atomic mass is 35.5. The Morgan fingerprint density at radius 3 is 2.47 bits per heavy atom. The standard InChI is InChI=1S/C11H13ClN2O/c1-14-4-2-8-6-10(12)11(13-15)7-9(8)3-5-14/h6-7H,2-5H2,1H3. The highest BCUT2D eigenvalue weighted by Crippen LogP contribution is 2.30. The van der Waals surface area contributed by atoms with Gasteiger partial charge in [-0.2, -0.15) is 0 Å². The molecular formula is C11H13ClN2O. The van der Waals surface area contributed by atoms with Crippen LogP contribution in [0.5, 0.6) is 0 Å². The van der Waals surface area contributed by atoms with Gasteiger partial charge < -0.3 is 4.90 Å². The van der Waals surface area contributed by atoms with Gasteiger partial charge in [0.1, 0.15) is 5.69 Å². The van der Waals surface area contributed by atoms with Crippen LogP contribution in [0, 0.1) is 4.91 Å². The SMILES string of the molecule is CN1CCc2cc(Cl)c(N=O)cc2CC1. The number of nitrogens with zero attached hydrogens (tertiary/aromatic N) is 2. The van der Waals surface area contributed by atoms with Crippen molar-refractivity contribution >= 4 is 17.3 Å². The lowest BCUT2D eigenvalue weighted by atomic mass is 10.0. The van der Waals surface area contributed by atoms with Crippen LogP contribution in [0.3, 0.4) is 0 Å². The minimum atomic E-state index is 0.361. The van der Waals surface area contributed by atoms with Gasteiger partial charge in [0.2, 0.25) is 0 Å². The van der Waals surface area contributed by atoms with Crippen molar-refractivity contribution in [1.29, 1.82) is 0 Å². The van der Waals surface area contributed by atoms with E-state index in [2.05, 4.69) is 17.1 Å². The zero-order valence-corrected chi connectivity index (χ0v) is 9.42. The van der Waals surface area contributed by atoms with E-state index < -0.39 is 0 Å². The summed E-state index contributed by atoms with van der Waals surface area (Å²) in [5.74, 6) is 0. The Balaban J connectivity index is 2.40. The predicted octanol–water partition coefficient (Wildman–Crippen LogP) is 2.77. The molecule has 0 radical (unpaired) electrons. The van der Waals surface area contributed by atoms with E-state index >= 15 is 0 Å². The number of rotatable bonds is 1. The molecule has 15 heavy (non-hydrogen) atoms. The fourth-order valence-corrected chi connectivity index (χ4v) is 2.14. The summed E-state index contributed by atoms with van der Waals surface area (Å²) in [4.78, 5) is 12.8. The molecule has 0 aromatic heterocycles. The maximum Gasteiger partial charge on any atom is 0.126 e. The van der Waals surface area contributed by atoms with Gasteiger partial charge in [0.15, 0.2) is 0 Å². The summed E-state index contributed by atoms with van der Waals surface area (Å²) in [6.45, 7) is 2.06. The molecule has 0 spiro atoms. The topological polar surface area (TPSA) is 32.7 Å². The number of halogens is 1. The molecule has 1 aromatic rings. The van der Waals surface area contributed by atoms with Crippen molar-refractivity contribution < 1.29 is 0 Å². The van der Waals surface area contributed by atoms with E-state index in [0.717, 1.165) is 25.9 Å². The lowest BCUT2D eigenvalue weighted by molar-refractivity contribution is 0.352. The van der Waals surface area contributed by atoms with Gasteiger partial charge in [-0.1, -0.05) is 11.6 Å². The van der Waals surface area contributed by atoms with Gasteiger partial charge >= 0.3 is 0 Å². The van der Waals surface area contributed by atoms with Crippen LogP contribution < -0.4 is 0 Å². The molecule has 1 aliphatic heterocycles. The molecule has 0 N–H and O–H groups in total. The molecule has 0 bridgehead atoms. The van der Waals surface area contributed by atoms with Crippen LogP contribution in [0.25, 0.3) is 0 Å². The molecule has 0 aliphatic carbocycles. The van der Waals surface area contributed by atoms with Crippen molar-refractivity contribution in [3.05, 3.63) is 33.2 Å². The third-order valence-corrected chi connectivity index (χ3v) is 3.20. The van der Waals surface area contributed by atoms with Crippen molar-refractivity contribution in [2.24, 2.45) is 5.18 Å². The lowest BCUT2D eigenvalue weighted by Crippen LogP contribution is -2.20. The van der Waals surface area contributed by atoms with Crippen LogP contribution in [0.2, 0.25) is 5.02 Å². The molecule has 1 heterocycles. The van der Waals surface area contributed by atoms with E-state index in [0.29, 0.717) is 10.7 Å². The molecule has 0 amide bonds. The van der Waals surface area contributed by atoms with Gasteiger partial charge in [-0.15, -0.1) is 4.91 Å². The number of nitroso groups, excluding NO2 is 1. The Labute approximate surface area is 94.0 Å². The number of benzene rings is 1. The largest absolute Gasteiger partial charge is 0.306 e. The third kappa shape index (κ3) is 2.19. The van der Waals surface area contributed by atoms with E-state index in [-0.39, 0.29) is 0 Å². The zero-order valence-electron chi connectivity index (χ0n) is 8.66.